The van der Waals surface area contributed by atoms with E-state index in [0.29, 0.717) is 22.3 Å². The van der Waals surface area contributed by atoms with Gasteiger partial charge in [-0.05, 0) is 25.1 Å². The molecule has 0 bridgehead atoms. The first-order valence-electron chi connectivity index (χ1n) is 7.37. The normalized spacial score (nSPS) is 17.0. The van der Waals surface area contributed by atoms with Gasteiger partial charge in [-0.3, -0.25) is 4.79 Å². The van der Waals surface area contributed by atoms with Crippen molar-refractivity contribution in [2.45, 2.75) is 13.0 Å². The standard InChI is InChI=1S/C15H20Cl2N2O3/c1-11(22-14-3-2-12(16)10-13(14)17)15(20)18-4-5-19-6-8-21-9-7-19/h2-3,10-11H,4-9H2,1H3,(H,18,20)/p+1/t11-/m0/s1. The summed E-state index contributed by atoms with van der Waals surface area (Å²) in [6.07, 6.45) is -0.613. The van der Waals surface area contributed by atoms with Crippen molar-refractivity contribution in [3.8, 4) is 5.75 Å². The number of carbonyl (C=O) groups excluding carboxylic acids is 1. The van der Waals surface area contributed by atoms with Crippen molar-refractivity contribution in [2.75, 3.05) is 39.4 Å². The molecule has 1 aromatic rings. The number of morpholine rings is 1. The smallest absolute Gasteiger partial charge is 0.260 e. The molecule has 2 rings (SSSR count). The molecule has 122 valence electrons. The van der Waals surface area contributed by atoms with Gasteiger partial charge in [0.25, 0.3) is 5.91 Å². The Bertz CT molecular complexity index is 508. The molecular formula is C15H21Cl2N2O3+. The van der Waals surface area contributed by atoms with Crippen LogP contribution in [-0.4, -0.2) is 51.4 Å². The lowest BCUT2D eigenvalue weighted by Gasteiger charge is -2.24. The van der Waals surface area contributed by atoms with Crippen molar-refractivity contribution < 1.29 is 19.2 Å². The molecule has 1 aliphatic heterocycles. The molecule has 2 N–H and O–H groups in total. The Labute approximate surface area is 140 Å². The van der Waals surface area contributed by atoms with Gasteiger partial charge in [0.15, 0.2) is 6.10 Å². The topological polar surface area (TPSA) is 52.0 Å². The molecule has 1 heterocycles. The highest BCUT2D eigenvalue weighted by Crippen LogP contribution is 2.28. The lowest BCUT2D eigenvalue weighted by molar-refractivity contribution is -0.906. The minimum atomic E-state index is -0.613. The molecular weight excluding hydrogens is 327 g/mol. The van der Waals surface area contributed by atoms with Gasteiger partial charge in [0.1, 0.15) is 18.8 Å². The lowest BCUT2D eigenvalue weighted by Crippen LogP contribution is -3.14. The summed E-state index contributed by atoms with van der Waals surface area (Å²) < 4.78 is 10.9. The maximum atomic E-state index is 12.0. The van der Waals surface area contributed by atoms with Crippen LogP contribution in [0.15, 0.2) is 18.2 Å². The molecule has 1 fully saturated rings. The number of quaternary nitrogens is 1. The van der Waals surface area contributed by atoms with Gasteiger partial charge in [-0.1, -0.05) is 23.2 Å². The van der Waals surface area contributed by atoms with Crippen LogP contribution in [0.25, 0.3) is 0 Å². The van der Waals surface area contributed by atoms with Gasteiger partial charge < -0.3 is 19.7 Å². The number of hydrogen-bond acceptors (Lipinski definition) is 3. The van der Waals surface area contributed by atoms with E-state index in [4.69, 9.17) is 32.7 Å². The zero-order valence-corrected chi connectivity index (χ0v) is 14.0. The predicted octanol–water partition coefficient (Wildman–Crippen LogP) is 0.792. The van der Waals surface area contributed by atoms with Gasteiger partial charge in [-0.25, -0.2) is 0 Å². The van der Waals surface area contributed by atoms with Crippen LogP contribution in [0, 0.1) is 0 Å². The number of amides is 1. The number of hydrogen-bond donors (Lipinski definition) is 2. The van der Waals surface area contributed by atoms with Gasteiger partial charge in [0.05, 0.1) is 31.3 Å². The molecule has 0 radical (unpaired) electrons. The summed E-state index contributed by atoms with van der Waals surface area (Å²) in [5.74, 6) is 0.297. The van der Waals surface area contributed by atoms with Crippen LogP contribution < -0.4 is 15.0 Å². The number of nitrogens with one attached hydrogen (secondary N) is 2. The Kier molecular flexibility index (Phi) is 6.76. The van der Waals surface area contributed by atoms with E-state index < -0.39 is 6.10 Å². The summed E-state index contributed by atoms with van der Waals surface area (Å²) in [6.45, 7) is 6.77. The maximum Gasteiger partial charge on any atom is 0.260 e. The summed E-state index contributed by atoms with van der Waals surface area (Å²) in [6, 6.07) is 4.92. The number of ether oxygens (including phenoxy) is 2. The molecule has 0 unspecified atom stereocenters. The minimum Gasteiger partial charge on any atom is -0.479 e. The number of carbonyl (C=O) groups is 1. The van der Waals surface area contributed by atoms with Crippen molar-refractivity contribution in [2.24, 2.45) is 0 Å². The average molecular weight is 348 g/mol. The summed E-state index contributed by atoms with van der Waals surface area (Å²) in [7, 11) is 0. The maximum absolute atomic E-state index is 12.0. The Morgan fingerprint density at radius 3 is 2.82 bits per heavy atom. The highest BCUT2D eigenvalue weighted by Gasteiger charge is 2.18. The summed E-state index contributed by atoms with van der Waals surface area (Å²) in [5, 5.41) is 3.81. The molecule has 1 saturated heterocycles. The second-order valence-corrected chi connectivity index (χ2v) is 6.08. The van der Waals surface area contributed by atoms with Crippen LogP contribution in [0.1, 0.15) is 6.92 Å². The Balaban J connectivity index is 1.74. The lowest BCUT2D eigenvalue weighted by atomic mass is 10.3. The molecule has 1 atom stereocenters. The molecule has 7 heteroatoms. The average Bonchev–Trinajstić information content (AvgIpc) is 2.51. The monoisotopic (exact) mass is 347 g/mol. The molecule has 1 amide bonds. The van der Waals surface area contributed by atoms with Gasteiger partial charge >= 0.3 is 0 Å². The second kappa shape index (κ2) is 8.58. The van der Waals surface area contributed by atoms with Crippen molar-refractivity contribution in [3.05, 3.63) is 28.2 Å². The molecule has 1 aliphatic rings. The highest BCUT2D eigenvalue weighted by molar-refractivity contribution is 6.35. The van der Waals surface area contributed by atoms with Crippen LogP contribution in [0.4, 0.5) is 0 Å². The fourth-order valence-electron chi connectivity index (χ4n) is 2.23. The van der Waals surface area contributed by atoms with E-state index in [-0.39, 0.29) is 5.91 Å². The van der Waals surface area contributed by atoms with Crippen LogP contribution in [0.3, 0.4) is 0 Å². The zero-order valence-electron chi connectivity index (χ0n) is 12.5. The van der Waals surface area contributed by atoms with Gasteiger partial charge in [-0.15, -0.1) is 0 Å². The predicted molar refractivity (Wildman–Crippen MR) is 85.9 cm³/mol. The van der Waals surface area contributed by atoms with Crippen LogP contribution in [0.2, 0.25) is 10.0 Å². The molecule has 0 aromatic heterocycles. The number of halogens is 2. The van der Waals surface area contributed by atoms with Crippen LogP contribution in [-0.2, 0) is 9.53 Å². The largest absolute Gasteiger partial charge is 0.479 e. The first kappa shape index (κ1) is 17.3. The van der Waals surface area contributed by atoms with Crippen LogP contribution in [0.5, 0.6) is 5.75 Å². The van der Waals surface area contributed by atoms with Gasteiger partial charge in [0.2, 0.25) is 0 Å². The van der Waals surface area contributed by atoms with Crippen molar-refractivity contribution in [3.63, 3.8) is 0 Å². The number of rotatable bonds is 6. The van der Waals surface area contributed by atoms with Crippen molar-refractivity contribution in [1.29, 1.82) is 0 Å². The molecule has 0 spiro atoms. The van der Waals surface area contributed by atoms with Gasteiger partial charge in [0, 0.05) is 5.02 Å². The van der Waals surface area contributed by atoms with E-state index >= 15 is 0 Å². The van der Waals surface area contributed by atoms with E-state index in [9.17, 15) is 4.79 Å². The second-order valence-electron chi connectivity index (χ2n) is 5.24. The third-order valence-electron chi connectivity index (χ3n) is 3.54. The summed E-state index contributed by atoms with van der Waals surface area (Å²) in [4.78, 5) is 13.5. The Morgan fingerprint density at radius 2 is 2.14 bits per heavy atom. The quantitative estimate of drug-likeness (QED) is 0.799. The van der Waals surface area contributed by atoms with Gasteiger partial charge in [-0.2, -0.15) is 0 Å². The van der Waals surface area contributed by atoms with Crippen LogP contribution >= 0.6 is 23.2 Å². The van der Waals surface area contributed by atoms with E-state index in [0.717, 1.165) is 32.8 Å². The fraction of sp³-hybridized carbons (Fsp3) is 0.533. The van der Waals surface area contributed by atoms with Crippen molar-refractivity contribution in [1.82, 2.24) is 5.32 Å². The summed E-state index contributed by atoms with van der Waals surface area (Å²) >= 11 is 11.9. The highest BCUT2D eigenvalue weighted by atomic mass is 35.5. The third kappa shape index (κ3) is 5.32. The zero-order chi connectivity index (χ0) is 15.9. The molecule has 22 heavy (non-hydrogen) atoms. The minimum absolute atomic E-state index is 0.154. The SMILES string of the molecule is C[C@H](Oc1ccc(Cl)cc1Cl)C(=O)NCC[NH+]1CCOCC1. The fourth-order valence-corrected chi connectivity index (χ4v) is 2.68. The first-order valence-corrected chi connectivity index (χ1v) is 8.12. The van der Waals surface area contributed by atoms with E-state index in [1.807, 2.05) is 0 Å². The molecule has 0 aliphatic carbocycles. The Morgan fingerprint density at radius 1 is 1.41 bits per heavy atom. The van der Waals surface area contributed by atoms with E-state index in [1.165, 1.54) is 4.90 Å². The van der Waals surface area contributed by atoms with E-state index in [2.05, 4.69) is 5.32 Å². The Hall–Kier alpha value is -1.01. The molecule has 5 nitrogen and oxygen atoms in total. The third-order valence-corrected chi connectivity index (χ3v) is 4.08. The first-order chi connectivity index (χ1) is 10.6. The summed E-state index contributed by atoms with van der Waals surface area (Å²) in [5.41, 5.74) is 0. The van der Waals surface area contributed by atoms with Crippen molar-refractivity contribution >= 4 is 29.1 Å². The van der Waals surface area contributed by atoms with E-state index in [1.54, 1.807) is 25.1 Å². The molecule has 0 saturated carbocycles. The molecule has 1 aromatic carbocycles. The number of benzene rings is 1.